The van der Waals surface area contributed by atoms with Gasteiger partial charge in [0.15, 0.2) is 0 Å². The van der Waals surface area contributed by atoms with E-state index in [2.05, 4.69) is 4.98 Å². The molecule has 0 saturated carbocycles. The Bertz CT molecular complexity index is 629. The number of aromatic nitrogens is 1. The minimum absolute atomic E-state index is 0.0166. The second-order valence-corrected chi connectivity index (χ2v) is 4.78. The fourth-order valence-electron chi connectivity index (χ4n) is 1.82. The van der Waals surface area contributed by atoms with Crippen molar-refractivity contribution >= 4 is 11.6 Å². The van der Waals surface area contributed by atoms with E-state index in [1.165, 1.54) is 12.1 Å². The van der Waals surface area contributed by atoms with E-state index in [9.17, 15) is 13.2 Å². The maximum Gasteiger partial charge on any atom is 0.419 e. The van der Waals surface area contributed by atoms with E-state index in [1.54, 1.807) is 12.3 Å². The largest absolute Gasteiger partial charge is 0.487 e. The van der Waals surface area contributed by atoms with Gasteiger partial charge in [-0.15, -0.1) is 11.6 Å². The molecule has 0 radical (unpaired) electrons. The van der Waals surface area contributed by atoms with Crippen molar-refractivity contribution in [3.8, 4) is 5.75 Å². The number of halogens is 4. The van der Waals surface area contributed by atoms with Crippen LogP contribution in [0.5, 0.6) is 5.75 Å². The second-order valence-electron chi connectivity index (χ2n) is 4.52. The average molecular weight is 316 g/mol. The van der Waals surface area contributed by atoms with Gasteiger partial charge < -0.3 is 4.74 Å². The van der Waals surface area contributed by atoms with Crippen molar-refractivity contribution in [3.05, 3.63) is 58.9 Å². The van der Waals surface area contributed by atoms with E-state index in [0.29, 0.717) is 11.3 Å². The van der Waals surface area contributed by atoms with E-state index in [1.807, 2.05) is 13.0 Å². The molecule has 112 valence electrons. The fourth-order valence-corrected chi connectivity index (χ4v) is 1.99. The summed E-state index contributed by atoms with van der Waals surface area (Å²) < 4.78 is 44.4. The molecule has 1 heterocycles. The lowest BCUT2D eigenvalue weighted by molar-refractivity contribution is -0.139. The van der Waals surface area contributed by atoms with Crippen LogP contribution in [0.2, 0.25) is 0 Å². The molecule has 0 bridgehead atoms. The zero-order valence-corrected chi connectivity index (χ0v) is 12.0. The van der Waals surface area contributed by atoms with Crippen LogP contribution >= 0.6 is 11.6 Å². The lowest BCUT2D eigenvalue weighted by atomic mass is 10.1. The Labute approximate surface area is 125 Å². The Kier molecular flexibility index (Phi) is 4.73. The maximum atomic E-state index is 13.0. The third-order valence-electron chi connectivity index (χ3n) is 2.99. The Hall–Kier alpha value is -1.75. The Morgan fingerprint density at radius 2 is 2.00 bits per heavy atom. The van der Waals surface area contributed by atoms with E-state index in [-0.39, 0.29) is 18.2 Å². The number of ether oxygens (including phenoxy) is 1. The molecule has 0 unspecified atom stereocenters. The minimum Gasteiger partial charge on any atom is -0.487 e. The summed E-state index contributed by atoms with van der Waals surface area (Å²) in [6.45, 7) is 1.81. The number of benzene rings is 1. The molecule has 0 N–H and O–H groups in total. The number of nitrogens with zero attached hydrogens (tertiary/aromatic N) is 1. The van der Waals surface area contributed by atoms with Crippen molar-refractivity contribution in [1.82, 2.24) is 4.98 Å². The van der Waals surface area contributed by atoms with Gasteiger partial charge in [-0.1, -0.05) is 12.1 Å². The number of rotatable bonds is 4. The second kappa shape index (κ2) is 6.35. The summed E-state index contributed by atoms with van der Waals surface area (Å²) in [4.78, 5) is 4.09. The first-order valence-corrected chi connectivity index (χ1v) is 6.74. The Balaban J connectivity index is 2.26. The highest BCUT2D eigenvalue weighted by atomic mass is 35.5. The summed E-state index contributed by atoms with van der Waals surface area (Å²) >= 11 is 5.58. The van der Waals surface area contributed by atoms with Crippen molar-refractivity contribution < 1.29 is 17.9 Å². The van der Waals surface area contributed by atoms with Gasteiger partial charge in [-0.3, -0.25) is 4.98 Å². The summed E-state index contributed by atoms with van der Waals surface area (Å²) in [5.41, 5.74) is 1.04. The third-order valence-corrected chi connectivity index (χ3v) is 3.29. The summed E-state index contributed by atoms with van der Waals surface area (Å²) in [6, 6.07) is 7.40. The molecule has 1 aromatic carbocycles. The van der Waals surface area contributed by atoms with Gasteiger partial charge in [-0.05, 0) is 36.2 Å². The summed E-state index contributed by atoms with van der Waals surface area (Å²) in [6.07, 6.45) is -2.91. The van der Waals surface area contributed by atoms with Gasteiger partial charge in [0.2, 0.25) is 0 Å². The highest BCUT2D eigenvalue weighted by molar-refractivity contribution is 6.17. The van der Waals surface area contributed by atoms with Crippen LogP contribution in [0.25, 0.3) is 0 Å². The smallest absolute Gasteiger partial charge is 0.419 e. The van der Waals surface area contributed by atoms with E-state index >= 15 is 0 Å². The minimum atomic E-state index is -4.49. The van der Waals surface area contributed by atoms with E-state index in [0.717, 1.165) is 11.6 Å². The normalized spacial score (nSPS) is 11.5. The van der Waals surface area contributed by atoms with Crippen molar-refractivity contribution in [2.45, 2.75) is 25.6 Å². The molecule has 6 heteroatoms. The van der Waals surface area contributed by atoms with Gasteiger partial charge in [-0.25, -0.2) is 0 Å². The van der Waals surface area contributed by atoms with E-state index < -0.39 is 11.7 Å². The maximum absolute atomic E-state index is 13.0. The van der Waals surface area contributed by atoms with Gasteiger partial charge in [0, 0.05) is 12.1 Å². The Morgan fingerprint density at radius 1 is 1.24 bits per heavy atom. The van der Waals surface area contributed by atoms with Crippen LogP contribution in [0.4, 0.5) is 13.2 Å². The monoisotopic (exact) mass is 315 g/mol. The van der Waals surface area contributed by atoms with Crippen LogP contribution < -0.4 is 4.74 Å². The zero-order valence-electron chi connectivity index (χ0n) is 11.2. The summed E-state index contributed by atoms with van der Waals surface area (Å²) in [7, 11) is 0. The first kappa shape index (κ1) is 15.6. The first-order valence-electron chi connectivity index (χ1n) is 6.21. The van der Waals surface area contributed by atoms with Gasteiger partial charge in [-0.2, -0.15) is 13.2 Å². The predicted octanol–water partition coefficient (Wildman–Crippen LogP) is 4.73. The fraction of sp³-hybridized carbons (Fsp3) is 0.267. The van der Waals surface area contributed by atoms with Gasteiger partial charge in [0.25, 0.3) is 0 Å². The molecule has 2 aromatic rings. The molecule has 0 atom stereocenters. The molecule has 0 amide bonds. The van der Waals surface area contributed by atoms with Crippen LogP contribution in [-0.4, -0.2) is 4.98 Å². The van der Waals surface area contributed by atoms with Crippen molar-refractivity contribution in [2.75, 3.05) is 0 Å². The molecule has 0 spiro atoms. The quantitative estimate of drug-likeness (QED) is 0.761. The highest BCUT2D eigenvalue weighted by Gasteiger charge is 2.34. The molecule has 0 aliphatic rings. The molecule has 0 fully saturated rings. The molecular weight excluding hydrogens is 303 g/mol. The zero-order chi connectivity index (χ0) is 15.5. The number of alkyl halides is 4. The topological polar surface area (TPSA) is 22.1 Å². The molecule has 21 heavy (non-hydrogen) atoms. The molecular formula is C15H13ClF3NO. The van der Waals surface area contributed by atoms with Gasteiger partial charge in [0.1, 0.15) is 12.4 Å². The predicted molar refractivity (Wildman–Crippen MR) is 74.3 cm³/mol. The SMILES string of the molecule is Cc1cccnc1COc1ccc(CCl)cc1C(F)(F)F. The molecule has 0 aliphatic carbocycles. The standard InChI is InChI=1S/C15H13ClF3NO/c1-10-3-2-6-20-13(10)9-21-14-5-4-11(8-16)7-12(14)15(17,18)19/h2-7H,8-9H2,1H3. The van der Waals surface area contributed by atoms with Gasteiger partial charge in [0.05, 0.1) is 11.3 Å². The van der Waals surface area contributed by atoms with Crippen molar-refractivity contribution in [2.24, 2.45) is 0 Å². The molecule has 0 saturated heterocycles. The Morgan fingerprint density at radius 3 is 2.62 bits per heavy atom. The number of hydrogen-bond acceptors (Lipinski definition) is 2. The van der Waals surface area contributed by atoms with Crippen molar-refractivity contribution in [3.63, 3.8) is 0 Å². The molecule has 1 aromatic heterocycles. The van der Waals surface area contributed by atoms with E-state index in [4.69, 9.17) is 16.3 Å². The van der Waals surface area contributed by atoms with Crippen LogP contribution in [0.3, 0.4) is 0 Å². The molecule has 2 nitrogen and oxygen atoms in total. The van der Waals surface area contributed by atoms with Crippen LogP contribution in [0, 0.1) is 6.92 Å². The highest BCUT2D eigenvalue weighted by Crippen LogP contribution is 2.37. The average Bonchev–Trinajstić information content (AvgIpc) is 2.45. The molecule has 2 rings (SSSR count). The summed E-state index contributed by atoms with van der Waals surface area (Å²) in [5, 5.41) is 0. The summed E-state index contributed by atoms with van der Waals surface area (Å²) in [5.74, 6) is -0.204. The van der Waals surface area contributed by atoms with Crippen LogP contribution in [0.1, 0.15) is 22.4 Å². The lowest BCUT2D eigenvalue weighted by Gasteiger charge is -2.15. The number of aryl methyl sites for hydroxylation is 1. The van der Waals surface area contributed by atoms with Crippen LogP contribution in [-0.2, 0) is 18.7 Å². The molecule has 0 aliphatic heterocycles. The number of pyridine rings is 1. The lowest BCUT2D eigenvalue weighted by Crippen LogP contribution is -2.10. The first-order chi connectivity index (χ1) is 9.91. The number of hydrogen-bond donors (Lipinski definition) is 0. The van der Waals surface area contributed by atoms with Crippen molar-refractivity contribution in [1.29, 1.82) is 0 Å². The third kappa shape index (κ3) is 3.88. The van der Waals surface area contributed by atoms with Crippen LogP contribution in [0.15, 0.2) is 36.5 Å². The van der Waals surface area contributed by atoms with Gasteiger partial charge >= 0.3 is 6.18 Å².